The molecule has 0 fully saturated rings. The maximum Gasteiger partial charge on any atom is 0.308 e. The van der Waals surface area contributed by atoms with Crippen molar-refractivity contribution in [2.45, 2.75) is 59.8 Å². The third kappa shape index (κ3) is 7.40. The average Bonchev–Trinajstić information content (AvgIpc) is 2.18. The first kappa shape index (κ1) is 14.5. The molecule has 0 bridgehead atoms. The number of rotatable bonds is 8. The monoisotopic (exact) mass is 214 g/mol. The molecule has 90 valence electrons. The third-order valence-corrected chi connectivity index (χ3v) is 2.68. The second kappa shape index (κ2) is 8.75. The van der Waals surface area contributed by atoms with Gasteiger partial charge in [0.2, 0.25) is 0 Å². The Morgan fingerprint density at radius 1 is 1.20 bits per heavy atom. The fourth-order valence-electron chi connectivity index (χ4n) is 1.77. The Hall–Kier alpha value is -0.530. The average molecular weight is 214 g/mol. The van der Waals surface area contributed by atoms with Crippen molar-refractivity contribution in [2.24, 2.45) is 11.8 Å². The molecule has 0 N–H and O–H groups in total. The number of hydrogen-bond donors (Lipinski definition) is 0. The zero-order chi connectivity index (χ0) is 11.7. The van der Waals surface area contributed by atoms with Crippen LogP contribution in [0.3, 0.4) is 0 Å². The molecular weight excluding hydrogens is 188 g/mol. The van der Waals surface area contributed by atoms with Crippen molar-refractivity contribution in [1.29, 1.82) is 0 Å². The number of unbranched alkanes of at least 4 members (excludes halogenated alkanes) is 1. The van der Waals surface area contributed by atoms with Gasteiger partial charge in [-0.2, -0.15) is 0 Å². The molecule has 0 aliphatic carbocycles. The largest absolute Gasteiger partial charge is 0.465 e. The van der Waals surface area contributed by atoms with Crippen LogP contribution in [0.4, 0.5) is 0 Å². The van der Waals surface area contributed by atoms with Crippen LogP contribution >= 0.6 is 0 Å². The Bertz CT molecular complexity index is 166. The summed E-state index contributed by atoms with van der Waals surface area (Å²) in [5.41, 5.74) is 0. The maximum atomic E-state index is 11.5. The Balaban J connectivity index is 3.68. The van der Waals surface area contributed by atoms with Gasteiger partial charge in [-0.15, -0.1) is 0 Å². The molecule has 0 aromatic heterocycles. The first-order valence-corrected chi connectivity index (χ1v) is 6.28. The van der Waals surface area contributed by atoms with Crippen LogP contribution in [0.15, 0.2) is 0 Å². The van der Waals surface area contributed by atoms with Crippen molar-refractivity contribution in [3.05, 3.63) is 0 Å². The SMILES string of the molecule is CCCCOC(=O)C(C)CC(C)CCC. The van der Waals surface area contributed by atoms with Crippen LogP contribution in [-0.2, 0) is 9.53 Å². The lowest BCUT2D eigenvalue weighted by Gasteiger charge is -2.15. The topological polar surface area (TPSA) is 26.3 Å². The minimum Gasteiger partial charge on any atom is -0.465 e. The summed E-state index contributed by atoms with van der Waals surface area (Å²) in [5, 5.41) is 0. The molecule has 2 nitrogen and oxygen atoms in total. The Kier molecular flexibility index (Phi) is 8.44. The molecule has 0 aliphatic heterocycles. The van der Waals surface area contributed by atoms with E-state index in [2.05, 4.69) is 20.8 Å². The van der Waals surface area contributed by atoms with Crippen LogP contribution in [0.25, 0.3) is 0 Å². The molecule has 0 saturated heterocycles. The van der Waals surface area contributed by atoms with Crippen molar-refractivity contribution >= 4 is 5.97 Å². The van der Waals surface area contributed by atoms with Gasteiger partial charge in [-0.1, -0.05) is 47.0 Å². The number of esters is 1. The number of ether oxygens (including phenoxy) is 1. The summed E-state index contributed by atoms with van der Waals surface area (Å²) >= 11 is 0. The summed E-state index contributed by atoms with van der Waals surface area (Å²) < 4.78 is 5.18. The molecule has 15 heavy (non-hydrogen) atoms. The minimum atomic E-state index is -0.0218. The first-order valence-electron chi connectivity index (χ1n) is 6.28. The molecule has 0 spiro atoms. The van der Waals surface area contributed by atoms with Crippen molar-refractivity contribution in [3.8, 4) is 0 Å². The molecule has 2 heteroatoms. The van der Waals surface area contributed by atoms with Gasteiger partial charge in [0.15, 0.2) is 0 Å². The third-order valence-electron chi connectivity index (χ3n) is 2.68. The van der Waals surface area contributed by atoms with Crippen LogP contribution in [-0.4, -0.2) is 12.6 Å². The first-order chi connectivity index (χ1) is 7.11. The van der Waals surface area contributed by atoms with E-state index in [0.29, 0.717) is 12.5 Å². The van der Waals surface area contributed by atoms with Gasteiger partial charge >= 0.3 is 5.97 Å². The van der Waals surface area contributed by atoms with Gasteiger partial charge in [0, 0.05) is 0 Å². The smallest absolute Gasteiger partial charge is 0.308 e. The number of carbonyl (C=O) groups excluding carboxylic acids is 1. The summed E-state index contributed by atoms with van der Waals surface area (Å²) in [6.45, 7) is 9.04. The molecule has 0 saturated carbocycles. The van der Waals surface area contributed by atoms with Crippen molar-refractivity contribution < 1.29 is 9.53 Å². The molecule has 0 radical (unpaired) electrons. The van der Waals surface area contributed by atoms with E-state index >= 15 is 0 Å². The summed E-state index contributed by atoms with van der Waals surface area (Å²) in [7, 11) is 0. The summed E-state index contributed by atoms with van der Waals surface area (Å²) in [5.74, 6) is 0.665. The lowest BCUT2D eigenvalue weighted by molar-refractivity contribution is -0.148. The van der Waals surface area contributed by atoms with E-state index < -0.39 is 0 Å². The van der Waals surface area contributed by atoms with Crippen molar-refractivity contribution in [3.63, 3.8) is 0 Å². The van der Waals surface area contributed by atoms with Crippen molar-refractivity contribution in [1.82, 2.24) is 0 Å². The van der Waals surface area contributed by atoms with E-state index in [4.69, 9.17) is 4.74 Å². The van der Waals surface area contributed by atoms with Gasteiger partial charge in [-0.3, -0.25) is 4.79 Å². The Morgan fingerprint density at radius 2 is 1.87 bits per heavy atom. The van der Waals surface area contributed by atoms with Gasteiger partial charge < -0.3 is 4.74 Å². The molecule has 0 aliphatic rings. The normalized spacial score (nSPS) is 14.7. The van der Waals surface area contributed by atoms with E-state index in [1.165, 1.54) is 12.8 Å². The van der Waals surface area contributed by atoms with Gasteiger partial charge in [-0.25, -0.2) is 0 Å². The zero-order valence-corrected chi connectivity index (χ0v) is 10.7. The summed E-state index contributed by atoms with van der Waals surface area (Å²) in [6.07, 6.45) is 5.40. The molecule has 0 rings (SSSR count). The van der Waals surface area contributed by atoms with E-state index in [1.807, 2.05) is 6.92 Å². The highest BCUT2D eigenvalue weighted by Crippen LogP contribution is 2.17. The minimum absolute atomic E-state index is 0.0218. The molecule has 2 atom stereocenters. The van der Waals surface area contributed by atoms with Gasteiger partial charge in [0.25, 0.3) is 0 Å². The van der Waals surface area contributed by atoms with Gasteiger partial charge in [-0.05, 0) is 18.8 Å². The van der Waals surface area contributed by atoms with E-state index in [9.17, 15) is 4.79 Å². The Morgan fingerprint density at radius 3 is 2.40 bits per heavy atom. The molecular formula is C13H26O2. The highest BCUT2D eigenvalue weighted by atomic mass is 16.5. The number of carbonyl (C=O) groups is 1. The zero-order valence-electron chi connectivity index (χ0n) is 10.7. The molecule has 0 aromatic rings. The van der Waals surface area contributed by atoms with Crippen LogP contribution in [0.1, 0.15) is 59.8 Å². The van der Waals surface area contributed by atoms with Crippen molar-refractivity contribution in [2.75, 3.05) is 6.61 Å². The Labute approximate surface area is 94.4 Å². The molecule has 0 heterocycles. The quantitative estimate of drug-likeness (QED) is 0.454. The summed E-state index contributed by atoms with van der Waals surface area (Å²) in [6, 6.07) is 0. The second-order valence-corrected chi connectivity index (χ2v) is 4.55. The maximum absolute atomic E-state index is 11.5. The highest BCUT2D eigenvalue weighted by Gasteiger charge is 2.16. The van der Waals surface area contributed by atoms with Gasteiger partial charge in [0.1, 0.15) is 0 Å². The molecule has 0 amide bonds. The molecule has 2 unspecified atom stereocenters. The van der Waals surface area contributed by atoms with E-state index in [-0.39, 0.29) is 11.9 Å². The fourth-order valence-corrected chi connectivity index (χ4v) is 1.77. The van der Waals surface area contributed by atoms with Crippen LogP contribution < -0.4 is 0 Å². The predicted molar refractivity (Wildman–Crippen MR) is 63.7 cm³/mol. The highest BCUT2D eigenvalue weighted by molar-refractivity contribution is 5.71. The standard InChI is InChI=1S/C13H26O2/c1-5-7-9-15-13(14)12(4)10-11(3)8-6-2/h11-12H,5-10H2,1-4H3. The number of hydrogen-bond acceptors (Lipinski definition) is 2. The predicted octanol–water partition coefficient (Wildman–Crippen LogP) is 3.79. The second-order valence-electron chi connectivity index (χ2n) is 4.55. The molecule has 0 aromatic carbocycles. The summed E-state index contributed by atoms with van der Waals surface area (Å²) in [4.78, 5) is 11.5. The van der Waals surface area contributed by atoms with Gasteiger partial charge in [0.05, 0.1) is 12.5 Å². The lowest BCUT2D eigenvalue weighted by Crippen LogP contribution is -2.17. The lowest BCUT2D eigenvalue weighted by atomic mass is 9.94. The van der Waals surface area contributed by atoms with Crippen LogP contribution in [0.2, 0.25) is 0 Å². The van der Waals surface area contributed by atoms with Crippen LogP contribution in [0.5, 0.6) is 0 Å². The van der Waals surface area contributed by atoms with Crippen LogP contribution in [0, 0.1) is 11.8 Å². The fraction of sp³-hybridized carbons (Fsp3) is 0.923. The van der Waals surface area contributed by atoms with E-state index in [0.717, 1.165) is 19.3 Å². The van der Waals surface area contributed by atoms with E-state index in [1.54, 1.807) is 0 Å².